The Morgan fingerprint density at radius 2 is 2.16 bits per heavy atom. The first-order valence-corrected chi connectivity index (χ1v) is 6.71. The predicted octanol–water partition coefficient (Wildman–Crippen LogP) is 2.18. The van der Waals surface area contributed by atoms with Crippen LogP contribution in [0.3, 0.4) is 0 Å². The third-order valence-corrected chi connectivity index (χ3v) is 3.58. The van der Waals surface area contributed by atoms with E-state index in [0.717, 1.165) is 11.1 Å². The maximum absolute atomic E-state index is 12.0. The van der Waals surface area contributed by atoms with Crippen molar-refractivity contribution >= 4 is 17.2 Å². The summed E-state index contributed by atoms with van der Waals surface area (Å²) in [6, 6.07) is 9.25. The fourth-order valence-electron chi connectivity index (χ4n) is 1.72. The Kier molecular flexibility index (Phi) is 4.54. The molecule has 5 heteroatoms. The number of aliphatic hydroxyl groups is 1. The first kappa shape index (κ1) is 13.6. The Morgan fingerprint density at radius 1 is 1.37 bits per heavy atom. The third kappa shape index (κ3) is 3.33. The maximum atomic E-state index is 12.0. The normalized spacial score (nSPS) is 10.2. The highest BCUT2D eigenvalue weighted by atomic mass is 32.1. The zero-order valence-corrected chi connectivity index (χ0v) is 11.4. The van der Waals surface area contributed by atoms with Crippen molar-refractivity contribution in [1.82, 2.24) is 5.32 Å². The predicted molar refractivity (Wildman–Crippen MR) is 74.4 cm³/mol. The maximum Gasteiger partial charge on any atom is 0.265 e. The van der Waals surface area contributed by atoms with E-state index in [1.54, 1.807) is 13.2 Å². The molecule has 1 aromatic heterocycles. The lowest BCUT2D eigenvalue weighted by atomic mass is 10.1. The second kappa shape index (κ2) is 6.36. The Hall–Kier alpha value is -1.85. The van der Waals surface area contributed by atoms with Crippen LogP contribution in [0.1, 0.15) is 20.8 Å². The van der Waals surface area contributed by atoms with Crippen molar-refractivity contribution in [3.63, 3.8) is 0 Å². The van der Waals surface area contributed by atoms with Gasteiger partial charge >= 0.3 is 0 Å². The number of hydrogen-bond donors (Lipinski definition) is 2. The van der Waals surface area contributed by atoms with Crippen molar-refractivity contribution in [3.8, 4) is 5.75 Å². The van der Waals surface area contributed by atoms with Crippen molar-refractivity contribution in [3.05, 3.63) is 51.7 Å². The lowest BCUT2D eigenvalue weighted by Crippen LogP contribution is -2.22. The van der Waals surface area contributed by atoms with E-state index in [9.17, 15) is 4.79 Å². The van der Waals surface area contributed by atoms with Gasteiger partial charge in [-0.2, -0.15) is 0 Å². The first-order chi connectivity index (χ1) is 9.24. The number of aliphatic hydroxyl groups excluding tert-OH is 1. The van der Waals surface area contributed by atoms with Gasteiger partial charge in [-0.15, -0.1) is 11.3 Å². The van der Waals surface area contributed by atoms with E-state index >= 15 is 0 Å². The molecule has 0 aliphatic heterocycles. The summed E-state index contributed by atoms with van der Waals surface area (Å²) in [5.41, 5.74) is 1.79. The molecular formula is C14H15NO3S. The summed E-state index contributed by atoms with van der Waals surface area (Å²) in [5, 5.41) is 13.7. The van der Waals surface area contributed by atoms with Crippen LogP contribution in [0.2, 0.25) is 0 Å². The summed E-state index contributed by atoms with van der Waals surface area (Å²) in [6.45, 7) is 0.425. The number of rotatable bonds is 5. The largest absolute Gasteiger partial charge is 0.495 e. The second-order valence-corrected chi connectivity index (χ2v) is 4.89. The van der Waals surface area contributed by atoms with Gasteiger partial charge in [-0.25, -0.2) is 0 Å². The quantitative estimate of drug-likeness (QED) is 0.880. The van der Waals surface area contributed by atoms with E-state index in [4.69, 9.17) is 9.84 Å². The molecule has 2 aromatic rings. The molecule has 0 saturated carbocycles. The van der Waals surface area contributed by atoms with Crippen LogP contribution >= 0.6 is 11.3 Å². The van der Waals surface area contributed by atoms with E-state index in [1.165, 1.54) is 11.3 Å². The summed E-state index contributed by atoms with van der Waals surface area (Å²) in [6.07, 6.45) is 0. The number of carbonyl (C=O) groups excluding carboxylic acids is 1. The van der Waals surface area contributed by atoms with Crippen LogP contribution in [0.4, 0.5) is 0 Å². The second-order valence-electron chi connectivity index (χ2n) is 3.98. The average Bonchev–Trinajstić information content (AvgIpc) is 2.93. The minimum absolute atomic E-state index is 0.000530. The average molecular weight is 277 g/mol. The van der Waals surface area contributed by atoms with E-state index in [2.05, 4.69) is 5.32 Å². The van der Waals surface area contributed by atoms with Crippen molar-refractivity contribution in [2.45, 2.75) is 13.2 Å². The number of benzene rings is 1. The fourth-order valence-corrected chi connectivity index (χ4v) is 2.50. The van der Waals surface area contributed by atoms with Gasteiger partial charge in [0, 0.05) is 6.54 Å². The van der Waals surface area contributed by atoms with Gasteiger partial charge in [0.25, 0.3) is 5.91 Å². The van der Waals surface area contributed by atoms with E-state index in [0.29, 0.717) is 17.2 Å². The Labute approximate surface area is 115 Å². The number of ether oxygens (including phenoxy) is 1. The molecule has 0 radical (unpaired) electrons. The van der Waals surface area contributed by atoms with Gasteiger partial charge in [0.2, 0.25) is 0 Å². The summed E-state index contributed by atoms with van der Waals surface area (Å²) < 4.78 is 5.11. The molecule has 0 saturated heterocycles. The molecule has 0 aliphatic rings. The molecule has 0 unspecified atom stereocenters. The highest BCUT2D eigenvalue weighted by Gasteiger charge is 2.13. The first-order valence-electron chi connectivity index (χ1n) is 5.83. The van der Waals surface area contributed by atoms with E-state index in [1.807, 2.05) is 29.6 Å². The summed E-state index contributed by atoms with van der Waals surface area (Å²) in [4.78, 5) is 12.6. The molecule has 1 aromatic carbocycles. The van der Waals surface area contributed by atoms with Gasteiger partial charge in [-0.3, -0.25) is 4.79 Å². The van der Waals surface area contributed by atoms with Crippen LogP contribution in [-0.4, -0.2) is 18.1 Å². The van der Waals surface area contributed by atoms with Crippen LogP contribution in [0.25, 0.3) is 0 Å². The van der Waals surface area contributed by atoms with Crippen LogP contribution in [0.15, 0.2) is 35.7 Å². The van der Waals surface area contributed by atoms with Crippen molar-refractivity contribution < 1.29 is 14.6 Å². The molecule has 4 nitrogen and oxygen atoms in total. The van der Waals surface area contributed by atoms with Crippen molar-refractivity contribution in [2.75, 3.05) is 7.11 Å². The molecular weight excluding hydrogens is 262 g/mol. The van der Waals surface area contributed by atoms with Crippen LogP contribution < -0.4 is 10.1 Å². The van der Waals surface area contributed by atoms with Gasteiger partial charge in [-0.05, 0) is 22.6 Å². The van der Waals surface area contributed by atoms with Crippen molar-refractivity contribution in [1.29, 1.82) is 0 Å². The molecule has 0 bridgehead atoms. The molecule has 1 heterocycles. The SMILES string of the molecule is COc1ccsc1C(=O)NCc1cccc(CO)c1. The number of hydrogen-bond acceptors (Lipinski definition) is 4. The Bertz CT molecular complexity index is 565. The number of methoxy groups -OCH3 is 1. The summed E-state index contributed by atoms with van der Waals surface area (Å²) in [5.74, 6) is 0.438. The third-order valence-electron chi connectivity index (χ3n) is 2.68. The molecule has 0 spiro atoms. The standard InChI is InChI=1S/C14H15NO3S/c1-18-12-5-6-19-13(12)14(17)15-8-10-3-2-4-11(7-10)9-16/h2-7,16H,8-9H2,1H3,(H,15,17). The Morgan fingerprint density at radius 3 is 2.89 bits per heavy atom. The molecule has 100 valence electrons. The molecule has 2 N–H and O–H groups in total. The van der Waals surface area contributed by atoms with Crippen molar-refractivity contribution in [2.24, 2.45) is 0 Å². The lowest BCUT2D eigenvalue weighted by Gasteiger charge is -2.06. The zero-order valence-electron chi connectivity index (χ0n) is 10.6. The highest BCUT2D eigenvalue weighted by Crippen LogP contribution is 2.24. The number of nitrogens with one attached hydrogen (secondary N) is 1. The highest BCUT2D eigenvalue weighted by molar-refractivity contribution is 7.12. The number of thiophene rings is 1. The van der Waals surface area contributed by atoms with Gasteiger partial charge in [0.1, 0.15) is 10.6 Å². The summed E-state index contributed by atoms with van der Waals surface area (Å²) >= 11 is 1.35. The number of amides is 1. The minimum atomic E-state index is -0.152. The lowest BCUT2D eigenvalue weighted by molar-refractivity contribution is 0.0952. The van der Waals surface area contributed by atoms with Gasteiger partial charge in [0.05, 0.1) is 13.7 Å². The molecule has 19 heavy (non-hydrogen) atoms. The monoisotopic (exact) mass is 277 g/mol. The van der Waals surface area contributed by atoms with Gasteiger partial charge < -0.3 is 15.2 Å². The fraction of sp³-hybridized carbons (Fsp3) is 0.214. The summed E-state index contributed by atoms with van der Waals surface area (Å²) in [7, 11) is 1.55. The zero-order chi connectivity index (χ0) is 13.7. The van der Waals surface area contributed by atoms with Crippen LogP contribution in [0, 0.1) is 0 Å². The molecule has 0 aliphatic carbocycles. The Balaban J connectivity index is 2.00. The van der Waals surface area contributed by atoms with Crippen LogP contribution in [0.5, 0.6) is 5.75 Å². The topological polar surface area (TPSA) is 58.6 Å². The minimum Gasteiger partial charge on any atom is -0.495 e. The smallest absolute Gasteiger partial charge is 0.265 e. The van der Waals surface area contributed by atoms with E-state index in [-0.39, 0.29) is 12.5 Å². The van der Waals surface area contributed by atoms with E-state index < -0.39 is 0 Å². The molecule has 0 fully saturated rings. The number of carbonyl (C=O) groups is 1. The molecule has 1 amide bonds. The molecule has 2 rings (SSSR count). The van der Waals surface area contributed by atoms with Crippen LogP contribution in [-0.2, 0) is 13.2 Å². The molecule has 0 atom stereocenters. The van der Waals surface area contributed by atoms with Gasteiger partial charge in [0.15, 0.2) is 0 Å². The van der Waals surface area contributed by atoms with Gasteiger partial charge in [-0.1, -0.05) is 24.3 Å².